The fraction of sp³-hybridized carbons (Fsp3) is 0.500. The lowest BCUT2D eigenvalue weighted by Gasteiger charge is -2.12. The first-order chi connectivity index (χ1) is 6.11. The molecule has 5 heteroatoms. The van der Waals surface area contributed by atoms with Crippen molar-refractivity contribution >= 4 is 23.6 Å². The largest absolute Gasteiger partial charge is 0.368 e. The summed E-state index contributed by atoms with van der Waals surface area (Å²) in [6.07, 6.45) is 3.60. The van der Waals surface area contributed by atoms with Gasteiger partial charge in [-0.15, -0.1) is 0 Å². The molecule has 0 aromatic rings. The Labute approximate surface area is 81.9 Å². The summed E-state index contributed by atoms with van der Waals surface area (Å²) in [6, 6.07) is -0.585. The summed E-state index contributed by atoms with van der Waals surface area (Å²) in [5, 5.41) is 2.46. The summed E-state index contributed by atoms with van der Waals surface area (Å²) in [7, 11) is 0. The Bertz CT molecular complexity index is 206. The number of rotatable bonds is 6. The topological polar surface area (TPSA) is 72.2 Å². The van der Waals surface area contributed by atoms with E-state index < -0.39 is 11.9 Å². The van der Waals surface area contributed by atoms with Crippen LogP contribution >= 0.6 is 11.8 Å². The summed E-state index contributed by atoms with van der Waals surface area (Å²) in [6.45, 7) is 3.28. The molecule has 13 heavy (non-hydrogen) atoms. The molecule has 0 rings (SSSR count). The zero-order valence-electron chi connectivity index (χ0n) is 7.58. The maximum atomic E-state index is 10.8. The van der Waals surface area contributed by atoms with E-state index in [-0.39, 0.29) is 5.91 Å². The van der Waals surface area contributed by atoms with E-state index in [1.54, 1.807) is 11.8 Å². The lowest BCUT2D eigenvalue weighted by atomic mass is 10.2. The number of primary amides is 1. The van der Waals surface area contributed by atoms with Gasteiger partial charge in [0, 0.05) is 0 Å². The molecular formula is C8H14N2O2S. The average Bonchev–Trinajstić information content (AvgIpc) is 2.11. The average molecular weight is 202 g/mol. The van der Waals surface area contributed by atoms with Crippen molar-refractivity contribution in [3.05, 3.63) is 12.7 Å². The van der Waals surface area contributed by atoms with Crippen LogP contribution < -0.4 is 11.1 Å². The van der Waals surface area contributed by atoms with Crippen molar-refractivity contribution in [3.8, 4) is 0 Å². The lowest BCUT2D eigenvalue weighted by molar-refractivity contribution is -0.125. The minimum Gasteiger partial charge on any atom is -0.368 e. The quantitative estimate of drug-likeness (QED) is 0.591. The molecule has 0 radical (unpaired) electrons. The molecule has 0 heterocycles. The van der Waals surface area contributed by atoms with Gasteiger partial charge in [-0.25, -0.2) is 0 Å². The maximum Gasteiger partial charge on any atom is 0.244 e. The third kappa shape index (κ3) is 5.30. The fourth-order valence-corrected chi connectivity index (χ4v) is 1.22. The summed E-state index contributed by atoms with van der Waals surface area (Å²) in [5.41, 5.74) is 5.08. The van der Waals surface area contributed by atoms with Crippen LogP contribution in [0.2, 0.25) is 0 Å². The smallest absolute Gasteiger partial charge is 0.244 e. The molecular weight excluding hydrogens is 188 g/mol. The summed E-state index contributed by atoms with van der Waals surface area (Å²) in [4.78, 5) is 21.7. The highest BCUT2D eigenvalue weighted by Crippen LogP contribution is 2.00. The van der Waals surface area contributed by atoms with Gasteiger partial charge in [0.2, 0.25) is 11.8 Å². The second-order valence-corrected chi connectivity index (χ2v) is 3.43. The molecule has 0 aliphatic rings. The van der Waals surface area contributed by atoms with Gasteiger partial charge >= 0.3 is 0 Å². The van der Waals surface area contributed by atoms with E-state index >= 15 is 0 Å². The number of nitrogens with two attached hydrogens (primary N) is 1. The highest BCUT2D eigenvalue weighted by molar-refractivity contribution is 7.98. The van der Waals surface area contributed by atoms with E-state index in [1.165, 1.54) is 0 Å². The van der Waals surface area contributed by atoms with E-state index in [9.17, 15) is 9.59 Å². The van der Waals surface area contributed by atoms with Gasteiger partial charge in [0.25, 0.3) is 0 Å². The number of hydrogen-bond acceptors (Lipinski definition) is 3. The lowest BCUT2D eigenvalue weighted by Crippen LogP contribution is -2.44. The molecule has 0 aliphatic heterocycles. The monoisotopic (exact) mass is 202 g/mol. The van der Waals surface area contributed by atoms with E-state index in [2.05, 4.69) is 11.9 Å². The normalized spacial score (nSPS) is 11.8. The van der Waals surface area contributed by atoms with Crippen molar-refractivity contribution < 1.29 is 9.59 Å². The Morgan fingerprint density at radius 3 is 2.69 bits per heavy atom. The molecule has 0 fully saturated rings. The van der Waals surface area contributed by atoms with Crippen LogP contribution in [0.3, 0.4) is 0 Å². The minimum atomic E-state index is -0.585. The molecule has 4 nitrogen and oxygen atoms in total. The molecule has 0 bridgehead atoms. The molecule has 0 saturated carbocycles. The third-order valence-electron chi connectivity index (χ3n) is 1.46. The molecule has 3 N–H and O–H groups in total. The Morgan fingerprint density at radius 2 is 2.31 bits per heavy atom. The van der Waals surface area contributed by atoms with Crippen molar-refractivity contribution in [1.29, 1.82) is 0 Å². The third-order valence-corrected chi connectivity index (χ3v) is 2.10. The van der Waals surface area contributed by atoms with E-state index in [0.29, 0.717) is 6.42 Å². The van der Waals surface area contributed by atoms with Gasteiger partial charge in [0.1, 0.15) is 6.04 Å². The molecule has 0 unspecified atom stereocenters. The predicted molar refractivity (Wildman–Crippen MR) is 54.3 cm³/mol. The number of carbonyl (C=O) groups is 2. The Kier molecular flexibility index (Phi) is 6.05. The van der Waals surface area contributed by atoms with Gasteiger partial charge < -0.3 is 11.1 Å². The first-order valence-corrected chi connectivity index (χ1v) is 5.22. The Balaban J connectivity index is 4.01. The van der Waals surface area contributed by atoms with Crippen LogP contribution in [0.25, 0.3) is 0 Å². The fourth-order valence-electron chi connectivity index (χ4n) is 0.752. The number of hydrogen-bond donors (Lipinski definition) is 2. The number of carbonyl (C=O) groups excluding carboxylic acids is 2. The molecule has 0 aromatic heterocycles. The van der Waals surface area contributed by atoms with Crippen LogP contribution in [-0.4, -0.2) is 29.9 Å². The highest BCUT2D eigenvalue weighted by Gasteiger charge is 2.15. The van der Waals surface area contributed by atoms with Crippen LogP contribution in [-0.2, 0) is 9.59 Å². The molecule has 0 aliphatic carbocycles. The van der Waals surface area contributed by atoms with Gasteiger partial charge in [-0.05, 0) is 24.5 Å². The van der Waals surface area contributed by atoms with Gasteiger partial charge in [-0.2, -0.15) is 11.8 Å². The number of nitrogens with one attached hydrogen (secondary N) is 1. The zero-order valence-corrected chi connectivity index (χ0v) is 8.39. The van der Waals surface area contributed by atoms with E-state index in [0.717, 1.165) is 11.8 Å². The first-order valence-electron chi connectivity index (χ1n) is 3.83. The van der Waals surface area contributed by atoms with Crippen molar-refractivity contribution in [2.75, 3.05) is 12.0 Å². The second-order valence-electron chi connectivity index (χ2n) is 2.45. The van der Waals surface area contributed by atoms with Crippen LogP contribution in [0.15, 0.2) is 12.7 Å². The molecule has 74 valence electrons. The van der Waals surface area contributed by atoms with E-state index in [1.807, 2.05) is 6.26 Å². The van der Waals surface area contributed by atoms with Crippen molar-refractivity contribution in [2.45, 2.75) is 12.5 Å². The molecule has 1 atom stereocenters. The Morgan fingerprint density at radius 1 is 1.69 bits per heavy atom. The molecule has 0 saturated heterocycles. The van der Waals surface area contributed by atoms with Crippen LogP contribution in [0.1, 0.15) is 6.42 Å². The van der Waals surface area contributed by atoms with Gasteiger partial charge in [0.05, 0.1) is 0 Å². The van der Waals surface area contributed by atoms with Crippen LogP contribution in [0.5, 0.6) is 0 Å². The van der Waals surface area contributed by atoms with Gasteiger partial charge in [-0.3, -0.25) is 9.59 Å². The molecule has 0 spiro atoms. The van der Waals surface area contributed by atoms with Gasteiger partial charge in [0.15, 0.2) is 0 Å². The second kappa shape index (κ2) is 6.54. The minimum absolute atomic E-state index is 0.370. The maximum absolute atomic E-state index is 10.8. The molecule has 2 amide bonds. The van der Waals surface area contributed by atoms with Crippen LogP contribution in [0.4, 0.5) is 0 Å². The van der Waals surface area contributed by atoms with Gasteiger partial charge in [-0.1, -0.05) is 6.58 Å². The summed E-state index contributed by atoms with van der Waals surface area (Å²) in [5.74, 6) is -0.0976. The van der Waals surface area contributed by atoms with Crippen molar-refractivity contribution in [2.24, 2.45) is 5.73 Å². The standard InChI is InChI=1S/C8H14N2O2S/c1-3-7(11)10-6(8(9)12)4-5-13-2/h3,6H,1,4-5H2,2H3,(H2,9,12)(H,10,11)/t6-/m0/s1. The SMILES string of the molecule is C=CC(=O)N[C@@H](CCSC)C(N)=O. The van der Waals surface area contributed by atoms with Crippen LogP contribution in [0, 0.1) is 0 Å². The predicted octanol–water partition coefficient (Wildman–Crippen LogP) is -0.104. The van der Waals surface area contributed by atoms with Crippen molar-refractivity contribution in [1.82, 2.24) is 5.32 Å². The number of amides is 2. The van der Waals surface area contributed by atoms with Crippen molar-refractivity contribution in [3.63, 3.8) is 0 Å². The first kappa shape index (κ1) is 12.0. The number of thioether (sulfide) groups is 1. The zero-order chi connectivity index (χ0) is 10.3. The Hall–Kier alpha value is -0.970. The summed E-state index contributed by atoms with van der Waals surface area (Å²) >= 11 is 1.60. The van der Waals surface area contributed by atoms with E-state index in [4.69, 9.17) is 5.73 Å². The molecule has 0 aromatic carbocycles. The summed E-state index contributed by atoms with van der Waals surface area (Å²) < 4.78 is 0. The highest BCUT2D eigenvalue weighted by atomic mass is 32.2.